The predicted molar refractivity (Wildman–Crippen MR) is 81.4 cm³/mol. The molecule has 1 saturated carbocycles. The number of nitrogens with one attached hydrogen (secondary N) is 1. The molecule has 0 bridgehead atoms. The van der Waals surface area contributed by atoms with Gasteiger partial charge in [-0.15, -0.1) is 0 Å². The second-order valence-electron chi connectivity index (χ2n) is 6.09. The Bertz CT molecular complexity index is 574. The Hall–Kier alpha value is -1.68. The predicted octanol–water partition coefficient (Wildman–Crippen LogP) is 2.51. The van der Waals surface area contributed by atoms with E-state index in [4.69, 9.17) is 0 Å². The average Bonchev–Trinajstić information content (AvgIpc) is 2.72. The van der Waals surface area contributed by atoms with Crippen molar-refractivity contribution in [3.8, 4) is 0 Å². The van der Waals surface area contributed by atoms with Gasteiger partial charge in [0.2, 0.25) is 0 Å². The van der Waals surface area contributed by atoms with Crippen LogP contribution in [-0.2, 0) is 0 Å². The monoisotopic (exact) mass is 286 g/mol. The minimum absolute atomic E-state index is 0.0626. The first-order valence-electron chi connectivity index (χ1n) is 7.83. The van der Waals surface area contributed by atoms with E-state index in [-0.39, 0.29) is 17.9 Å². The molecule has 0 saturated heterocycles. The van der Waals surface area contributed by atoms with E-state index in [0.29, 0.717) is 17.2 Å². The van der Waals surface area contributed by atoms with Gasteiger partial charge in [-0.3, -0.25) is 14.5 Å². The van der Waals surface area contributed by atoms with Gasteiger partial charge in [0.1, 0.15) is 0 Å². The first kappa shape index (κ1) is 14.3. The van der Waals surface area contributed by atoms with Crippen LogP contribution in [0, 0.1) is 6.92 Å². The highest BCUT2D eigenvalue weighted by atomic mass is 16.2. The van der Waals surface area contributed by atoms with Crippen molar-refractivity contribution in [3.63, 3.8) is 0 Å². The Balaban J connectivity index is 1.77. The van der Waals surface area contributed by atoms with Gasteiger partial charge in [0.15, 0.2) is 0 Å². The maximum Gasteiger partial charge on any atom is 0.261 e. The molecule has 2 aliphatic rings. The lowest BCUT2D eigenvalue weighted by atomic mass is 9.90. The quantitative estimate of drug-likeness (QED) is 0.869. The molecule has 0 radical (unpaired) electrons. The molecule has 1 aliphatic carbocycles. The summed E-state index contributed by atoms with van der Waals surface area (Å²) in [4.78, 5) is 26.6. The number of imide groups is 1. The second-order valence-corrected chi connectivity index (χ2v) is 6.09. The van der Waals surface area contributed by atoms with Crippen molar-refractivity contribution in [2.24, 2.45) is 0 Å². The van der Waals surface area contributed by atoms with Crippen LogP contribution in [-0.4, -0.2) is 35.3 Å². The maximum absolute atomic E-state index is 12.6. The number of nitrogens with zero attached hydrogens (tertiary/aromatic N) is 1. The smallest absolute Gasteiger partial charge is 0.261 e. The summed E-state index contributed by atoms with van der Waals surface area (Å²) in [5, 5.41) is 3.45. The van der Waals surface area contributed by atoms with Crippen LogP contribution in [0.1, 0.15) is 58.9 Å². The molecule has 0 atom stereocenters. The molecule has 21 heavy (non-hydrogen) atoms. The standard InChI is InChI=1S/C17H22N2O2/c1-3-18-12-5-7-13(8-6-12)19-16(20)14-9-4-11(2)10-15(14)17(19)21/h4,9-10,12-13,18H,3,5-8H2,1-2H3. The van der Waals surface area contributed by atoms with Crippen molar-refractivity contribution >= 4 is 11.8 Å². The van der Waals surface area contributed by atoms with Crippen LogP contribution in [0.15, 0.2) is 18.2 Å². The topological polar surface area (TPSA) is 49.4 Å². The first-order valence-corrected chi connectivity index (χ1v) is 7.83. The van der Waals surface area contributed by atoms with Gasteiger partial charge in [-0.05, 0) is 51.3 Å². The fourth-order valence-corrected chi connectivity index (χ4v) is 3.53. The molecule has 0 aromatic heterocycles. The average molecular weight is 286 g/mol. The normalized spacial score (nSPS) is 25.3. The van der Waals surface area contributed by atoms with Crippen molar-refractivity contribution in [3.05, 3.63) is 34.9 Å². The molecule has 2 amide bonds. The molecule has 1 aliphatic heterocycles. The summed E-state index contributed by atoms with van der Waals surface area (Å²) in [6.45, 7) is 5.03. The van der Waals surface area contributed by atoms with Gasteiger partial charge in [-0.2, -0.15) is 0 Å². The van der Waals surface area contributed by atoms with E-state index >= 15 is 0 Å². The number of benzene rings is 1. The van der Waals surface area contributed by atoms with Crippen molar-refractivity contribution < 1.29 is 9.59 Å². The zero-order chi connectivity index (χ0) is 15.0. The third-order valence-electron chi connectivity index (χ3n) is 4.63. The summed E-state index contributed by atoms with van der Waals surface area (Å²) < 4.78 is 0. The van der Waals surface area contributed by atoms with Gasteiger partial charge in [0, 0.05) is 12.1 Å². The number of amides is 2. The lowest BCUT2D eigenvalue weighted by Gasteiger charge is -2.33. The van der Waals surface area contributed by atoms with Gasteiger partial charge in [-0.1, -0.05) is 18.6 Å². The third-order valence-corrected chi connectivity index (χ3v) is 4.63. The van der Waals surface area contributed by atoms with Crippen LogP contribution in [0.25, 0.3) is 0 Å². The summed E-state index contributed by atoms with van der Waals surface area (Å²) in [5.41, 5.74) is 2.17. The molecule has 3 rings (SSSR count). The summed E-state index contributed by atoms with van der Waals surface area (Å²) in [5.74, 6) is -0.215. The van der Waals surface area contributed by atoms with Crippen molar-refractivity contribution in [1.29, 1.82) is 0 Å². The zero-order valence-electron chi connectivity index (χ0n) is 12.7. The van der Waals surface area contributed by atoms with E-state index in [0.717, 1.165) is 37.8 Å². The molecule has 1 fully saturated rings. The molecule has 112 valence electrons. The number of rotatable bonds is 3. The molecular weight excluding hydrogens is 264 g/mol. The third kappa shape index (κ3) is 2.48. The highest BCUT2D eigenvalue weighted by Crippen LogP contribution is 2.31. The summed E-state index contributed by atoms with van der Waals surface area (Å²) in [7, 11) is 0. The Kier molecular flexibility index (Phi) is 3.81. The molecule has 1 aromatic rings. The van der Waals surface area contributed by atoms with E-state index in [1.807, 2.05) is 19.1 Å². The zero-order valence-corrected chi connectivity index (χ0v) is 12.7. The van der Waals surface area contributed by atoms with Crippen LogP contribution in [0.4, 0.5) is 0 Å². The lowest BCUT2D eigenvalue weighted by molar-refractivity contribution is 0.0538. The Morgan fingerprint density at radius 3 is 2.43 bits per heavy atom. The molecule has 0 spiro atoms. The largest absolute Gasteiger partial charge is 0.314 e. The molecule has 0 unspecified atom stereocenters. The van der Waals surface area contributed by atoms with Gasteiger partial charge < -0.3 is 5.32 Å². The second kappa shape index (κ2) is 5.60. The van der Waals surface area contributed by atoms with Gasteiger partial charge >= 0.3 is 0 Å². The fourth-order valence-electron chi connectivity index (χ4n) is 3.53. The molecule has 1 heterocycles. The molecule has 1 N–H and O–H groups in total. The number of carbonyl (C=O) groups excluding carboxylic acids is 2. The SMILES string of the molecule is CCNC1CCC(N2C(=O)c3ccc(C)cc3C2=O)CC1. The Morgan fingerprint density at radius 2 is 1.76 bits per heavy atom. The maximum atomic E-state index is 12.6. The van der Waals surface area contributed by atoms with Crippen LogP contribution in [0.3, 0.4) is 0 Å². The van der Waals surface area contributed by atoms with E-state index in [9.17, 15) is 9.59 Å². The summed E-state index contributed by atoms with van der Waals surface area (Å²) in [6, 6.07) is 6.11. The lowest BCUT2D eigenvalue weighted by Crippen LogP contribution is -2.45. The summed E-state index contributed by atoms with van der Waals surface area (Å²) >= 11 is 0. The minimum atomic E-state index is -0.109. The minimum Gasteiger partial charge on any atom is -0.314 e. The van der Waals surface area contributed by atoms with E-state index < -0.39 is 0 Å². The van der Waals surface area contributed by atoms with E-state index in [1.165, 1.54) is 4.90 Å². The van der Waals surface area contributed by atoms with E-state index in [1.54, 1.807) is 6.07 Å². The molecule has 1 aromatic carbocycles. The van der Waals surface area contributed by atoms with Gasteiger partial charge in [0.05, 0.1) is 11.1 Å². The van der Waals surface area contributed by atoms with Crippen molar-refractivity contribution in [1.82, 2.24) is 10.2 Å². The highest BCUT2D eigenvalue weighted by molar-refractivity contribution is 6.21. The van der Waals surface area contributed by atoms with Gasteiger partial charge in [-0.25, -0.2) is 0 Å². The molecular formula is C17H22N2O2. The van der Waals surface area contributed by atoms with Crippen LogP contribution in [0.5, 0.6) is 0 Å². The van der Waals surface area contributed by atoms with Crippen molar-refractivity contribution in [2.75, 3.05) is 6.54 Å². The first-order chi connectivity index (χ1) is 10.1. The van der Waals surface area contributed by atoms with Gasteiger partial charge in [0.25, 0.3) is 11.8 Å². The van der Waals surface area contributed by atoms with Crippen molar-refractivity contribution in [2.45, 2.75) is 51.6 Å². The van der Waals surface area contributed by atoms with E-state index in [2.05, 4.69) is 12.2 Å². The van der Waals surface area contributed by atoms with Crippen LogP contribution < -0.4 is 5.32 Å². The molecule has 4 nitrogen and oxygen atoms in total. The number of aryl methyl sites for hydroxylation is 1. The number of carbonyl (C=O) groups is 2. The molecule has 4 heteroatoms. The van der Waals surface area contributed by atoms with Crippen LogP contribution >= 0.6 is 0 Å². The number of fused-ring (bicyclic) bond motifs is 1. The highest BCUT2D eigenvalue weighted by Gasteiger charge is 2.40. The Morgan fingerprint density at radius 1 is 1.10 bits per heavy atom. The fraction of sp³-hybridized carbons (Fsp3) is 0.529. The number of hydrogen-bond donors (Lipinski definition) is 1. The number of hydrogen-bond acceptors (Lipinski definition) is 3. The Labute approximate surface area is 125 Å². The van der Waals surface area contributed by atoms with Crippen LogP contribution in [0.2, 0.25) is 0 Å². The summed E-state index contributed by atoms with van der Waals surface area (Å²) in [6.07, 6.45) is 3.88.